The summed E-state index contributed by atoms with van der Waals surface area (Å²) in [7, 11) is 1.65. The van der Waals surface area contributed by atoms with Crippen LogP contribution < -0.4 is 10.1 Å². The maximum atomic E-state index is 12.4. The van der Waals surface area contributed by atoms with Gasteiger partial charge in [-0.05, 0) is 30.2 Å². The number of nitrogens with one attached hydrogen (secondary N) is 1. The summed E-state index contributed by atoms with van der Waals surface area (Å²) in [6.07, 6.45) is 0. The topological polar surface area (TPSA) is 88.0 Å². The maximum Gasteiger partial charge on any atom is 0.293 e. The van der Waals surface area contributed by atoms with Crippen LogP contribution in [0.15, 0.2) is 42.5 Å². The van der Waals surface area contributed by atoms with Gasteiger partial charge in [0.15, 0.2) is 0 Å². The Bertz CT molecular complexity index is 861. The molecule has 1 amide bonds. The van der Waals surface area contributed by atoms with Crippen LogP contribution in [0.2, 0.25) is 0 Å². The summed E-state index contributed by atoms with van der Waals surface area (Å²) in [5, 5.41) is 13.9. The molecule has 1 heterocycles. The van der Waals surface area contributed by atoms with E-state index in [1.807, 2.05) is 12.1 Å². The lowest BCUT2D eigenvalue weighted by Crippen LogP contribution is -2.48. The SMILES string of the molecule is COc1ccc(CN2CCN(CC(=O)Nc3c(C)cccc3[N+](=O)[O-])CC2)cc1. The zero-order valence-electron chi connectivity index (χ0n) is 16.8. The first kappa shape index (κ1) is 20.8. The number of nitro benzene ring substituents is 1. The van der Waals surface area contributed by atoms with E-state index in [-0.39, 0.29) is 23.8 Å². The van der Waals surface area contributed by atoms with Crippen molar-refractivity contribution in [1.29, 1.82) is 0 Å². The minimum Gasteiger partial charge on any atom is -0.497 e. The highest BCUT2D eigenvalue weighted by molar-refractivity contribution is 5.95. The van der Waals surface area contributed by atoms with Crippen LogP contribution in [0.3, 0.4) is 0 Å². The number of ether oxygens (including phenoxy) is 1. The number of benzene rings is 2. The standard InChI is InChI=1S/C21H26N4O4/c1-16-4-3-5-19(25(27)28)21(16)22-20(26)15-24-12-10-23(11-13-24)14-17-6-8-18(29-2)9-7-17/h3-9H,10-15H2,1-2H3,(H,22,26). The second kappa shape index (κ2) is 9.49. The van der Waals surface area contributed by atoms with Gasteiger partial charge in [-0.2, -0.15) is 0 Å². The Morgan fingerprint density at radius 3 is 2.38 bits per heavy atom. The molecule has 0 bridgehead atoms. The number of piperazine rings is 1. The first-order valence-corrected chi connectivity index (χ1v) is 9.58. The molecule has 0 saturated carbocycles. The van der Waals surface area contributed by atoms with Gasteiger partial charge in [0.05, 0.1) is 18.6 Å². The zero-order chi connectivity index (χ0) is 20.8. The van der Waals surface area contributed by atoms with E-state index < -0.39 is 4.92 Å². The molecular formula is C21H26N4O4. The fourth-order valence-electron chi connectivity index (χ4n) is 3.44. The first-order chi connectivity index (χ1) is 14.0. The van der Waals surface area contributed by atoms with Crippen LogP contribution >= 0.6 is 0 Å². The fourth-order valence-corrected chi connectivity index (χ4v) is 3.44. The van der Waals surface area contributed by atoms with Gasteiger partial charge in [-0.1, -0.05) is 24.3 Å². The van der Waals surface area contributed by atoms with Crippen LogP contribution in [0.1, 0.15) is 11.1 Å². The van der Waals surface area contributed by atoms with Gasteiger partial charge in [-0.3, -0.25) is 24.7 Å². The monoisotopic (exact) mass is 398 g/mol. The normalized spacial score (nSPS) is 15.1. The number of para-hydroxylation sites is 1. The number of hydrogen-bond donors (Lipinski definition) is 1. The smallest absolute Gasteiger partial charge is 0.293 e. The number of nitrogens with zero attached hydrogens (tertiary/aromatic N) is 3. The van der Waals surface area contributed by atoms with Crippen molar-refractivity contribution in [3.63, 3.8) is 0 Å². The van der Waals surface area contributed by atoms with E-state index in [0.29, 0.717) is 5.56 Å². The van der Waals surface area contributed by atoms with Crippen LogP contribution in [0.25, 0.3) is 0 Å². The van der Waals surface area contributed by atoms with Gasteiger partial charge >= 0.3 is 0 Å². The summed E-state index contributed by atoms with van der Waals surface area (Å²) in [6.45, 7) is 6.12. The molecule has 1 saturated heterocycles. The minimum absolute atomic E-state index is 0.0809. The van der Waals surface area contributed by atoms with Crippen LogP contribution in [-0.2, 0) is 11.3 Å². The van der Waals surface area contributed by atoms with Gasteiger partial charge in [0, 0.05) is 38.8 Å². The molecule has 1 aliphatic rings. The number of nitro groups is 1. The van der Waals surface area contributed by atoms with Crippen LogP contribution in [-0.4, -0.2) is 60.5 Å². The Balaban J connectivity index is 1.49. The predicted octanol–water partition coefficient (Wildman–Crippen LogP) is 2.67. The number of rotatable bonds is 7. The van der Waals surface area contributed by atoms with E-state index in [0.717, 1.165) is 38.5 Å². The molecule has 29 heavy (non-hydrogen) atoms. The molecule has 0 aromatic heterocycles. The second-order valence-electron chi connectivity index (χ2n) is 7.17. The van der Waals surface area contributed by atoms with Gasteiger partial charge in [0.1, 0.15) is 11.4 Å². The van der Waals surface area contributed by atoms with Crippen molar-refractivity contribution in [2.75, 3.05) is 45.2 Å². The average molecular weight is 398 g/mol. The summed E-state index contributed by atoms with van der Waals surface area (Å²) in [5.74, 6) is 0.615. The average Bonchev–Trinajstić information content (AvgIpc) is 2.71. The van der Waals surface area contributed by atoms with Gasteiger partial charge in [0.25, 0.3) is 5.69 Å². The highest BCUT2D eigenvalue weighted by Gasteiger charge is 2.22. The maximum absolute atomic E-state index is 12.4. The summed E-state index contributed by atoms with van der Waals surface area (Å²) in [4.78, 5) is 27.6. The zero-order valence-corrected chi connectivity index (χ0v) is 16.8. The summed E-state index contributed by atoms with van der Waals surface area (Å²) >= 11 is 0. The number of carbonyl (C=O) groups is 1. The predicted molar refractivity (Wildman–Crippen MR) is 111 cm³/mol. The van der Waals surface area contributed by atoms with Gasteiger partial charge in [-0.15, -0.1) is 0 Å². The Morgan fingerprint density at radius 1 is 1.10 bits per heavy atom. The van der Waals surface area contributed by atoms with E-state index in [4.69, 9.17) is 4.74 Å². The molecule has 8 heteroatoms. The largest absolute Gasteiger partial charge is 0.497 e. The lowest BCUT2D eigenvalue weighted by Gasteiger charge is -2.34. The van der Waals surface area contributed by atoms with E-state index in [2.05, 4.69) is 27.2 Å². The molecule has 1 fully saturated rings. The number of hydrogen-bond acceptors (Lipinski definition) is 6. The third-order valence-corrected chi connectivity index (χ3v) is 5.11. The van der Waals surface area contributed by atoms with E-state index in [1.165, 1.54) is 11.6 Å². The molecule has 0 spiro atoms. The van der Waals surface area contributed by atoms with Crippen molar-refractivity contribution in [3.8, 4) is 5.75 Å². The summed E-state index contributed by atoms with van der Waals surface area (Å²) in [6, 6.07) is 12.8. The van der Waals surface area contributed by atoms with Gasteiger partial charge in [0.2, 0.25) is 5.91 Å². The van der Waals surface area contributed by atoms with E-state index >= 15 is 0 Å². The quantitative estimate of drug-likeness (QED) is 0.570. The molecule has 0 atom stereocenters. The molecule has 1 aliphatic heterocycles. The van der Waals surface area contributed by atoms with Crippen molar-refractivity contribution in [2.24, 2.45) is 0 Å². The lowest BCUT2D eigenvalue weighted by atomic mass is 10.1. The van der Waals surface area contributed by atoms with E-state index in [1.54, 1.807) is 26.2 Å². The van der Waals surface area contributed by atoms with E-state index in [9.17, 15) is 14.9 Å². The number of aryl methyl sites for hydroxylation is 1. The lowest BCUT2D eigenvalue weighted by molar-refractivity contribution is -0.384. The Morgan fingerprint density at radius 2 is 1.76 bits per heavy atom. The highest BCUT2D eigenvalue weighted by Crippen LogP contribution is 2.27. The van der Waals surface area contributed by atoms with Gasteiger partial charge < -0.3 is 10.1 Å². The molecule has 0 unspecified atom stereocenters. The molecule has 2 aromatic carbocycles. The molecule has 0 radical (unpaired) electrons. The third-order valence-electron chi connectivity index (χ3n) is 5.11. The van der Waals surface area contributed by atoms with Gasteiger partial charge in [-0.25, -0.2) is 0 Å². The Labute approximate surface area is 170 Å². The molecule has 2 aromatic rings. The molecule has 0 aliphatic carbocycles. The van der Waals surface area contributed by atoms with Crippen LogP contribution in [0.4, 0.5) is 11.4 Å². The molecule has 154 valence electrons. The van der Waals surface area contributed by atoms with Crippen molar-refractivity contribution < 1.29 is 14.5 Å². The molecule has 3 rings (SSSR count). The van der Waals surface area contributed by atoms with Crippen LogP contribution in [0, 0.1) is 17.0 Å². The van der Waals surface area contributed by atoms with Crippen molar-refractivity contribution in [2.45, 2.75) is 13.5 Å². The first-order valence-electron chi connectivity index (χ1n) is 9.58. The summed E-state index contributed by atoms with van der Waals surface area (Å²) in [5.41, 5.74) is 2.10. The number of carbonyl (C=O) groups excluding carboxylic acids is 1. The van der Waals surface area contributed by atoms with Crippen molar-refractivity contribution in [1.82, 2.24) is 9.80 Å². The van der Waals surface area contributed by atoms with Crippen molar-refractivity contribution >= 4 is 17.3 Å². The Hall–Kier alpha value is -2.97. The molecular weight excluding hydrogens is 372 g/mol. The number of anilines is 1. The fraction of sp³-hybridized carbons (Fsp3) is 0.381. The number of methoxy groups -OCH3 is 1. The van der Waals surface area contributed by atoms with Crippen LogP contribution in [0.5, 0.6) is 5.75 Å². The Kier molecular flexibility index (Phi) is 6.79. The summed E-state index contributed by atoms with van der Waals surface area (Å²) < 4.78 is 5.19. The minimum atomic E-state index is -0.472. The second-order valence-corrected chi connectivity index (χ2v) is 7.17. The molecule has 1 N–H and O–H groups in total. The van der Waals surface area contributed by atoms with Crippen molar-refractivity contribution in [3.05, 3.63) is 63.7 Å². The highest BCUT2D eigenvalue weighted by atomic mass is 16.6. The third kappa shape index (κ3) is 5.52. The number of amides is 1. The molecule has 8 nitrogen and oxygen atoms in total.